The van der Waals surface area contributed by atoms with Crippen LogP contribution in [0, 0.1) is 5.92 Å². The molecule has 1 aliphatic carbocycles. The molecule has 1 saturated carbocycles. The van der Waals surface area contributed by atoms with Gasteiger partial charge in [-0.05, 0) is 36.5 Å². The fraction of sp³-hybridized carbons (Fsp3) is 0.455. The Morgan fingerprint density at radius 1 is 1.29 bits per heavy atom. The molecule has 1 aromatic rings. The molecule has 1 atom stereocenters. The molecular weight excluding hydrogens is 274 g/mol. The van der Waals surface area contributed by atoms with Gasteiger partial charge in [0.15, 0.2) is 0 Å². The highest BCUT2D eigenvalue weighted by molar-refractivity contribution is 6.30. The predicted octanol–water partition coefficient (Wildman–Crippen LogP) is 4.19. The molecule has 1 nitrogen and oxygen atoms in total. The molecule has 6 heteroatoms. The Kier molecular flexibility index (Phi) is 4.33. The van der Waals surface area contributed by atoms with Gasteiger partial charge in [-0.3, -0.25) is 0 Å². The van der Waals surface area contributed by atoms with E-state index < -0.39 is 17.8 Å². The van der Waals surface area contributed by atoms with Crippen LogP contribution in [0.25, 0.3) is 0 Å². The van der Waals surface area contributed by atoms with Crippen molar-refractivity contribution in [3.8, 4) is 0 Å². The second-order valence-electron chi connectivity index (χ2n) is 4.09. The number of nitrogens with two attached hydrogens (primary N) is 1. The molecule has 2 N–H and O–H groups in total. The molecule has 0 saturated heterocycles. The molecule has 0 bridgehead atoms. The summed E-state index contributed by atoms with van der Waals surface area (Å²) >= 11 is 5.58. The Morgan fingerprint density at radius 2 is 1.88 bits per heavy atom. The van der Waals surface area contributed by atoms with Gasteiger partial charge < -0.3 is 5.73 Å². The first kappa shape index (κ1) is 14.6. The summed E-state index contributed by atoms with van der Waals surface area (Å²) in [7, 11) is 0. The average Bonchev–Trinajstić information content (AvgIpc) is 2.98. The van der Waals surface area contributed by atoms with E-state index in [0.717, 1.165) is 18.9 Å². The van der Waals surface area contributed by atoms with Gasteiger partial charge in [0.05, 0.1) is 5.56 Å². The molecule has 0 spiro atoms. The van der Waals surface area contributed by atoms with Crippen LogP contribution in [0.3, 0.4) is 0 Å². The largest absolute Gasteiger partial charge is 0.416 e. The molecule has 0 aromatic heterocycles. The van der Waals surface area contributed by atoms with Gasteiger partial charge in [0, 0.05) is 11.1 Å². The van der Waals surface area contributed by atoms with E-state index in [4.69, 9.17) is 17.3 Å². The molecule has 0 aliphatic heterocycles. The Labute approximate surface area is 109 Å². The summed E-state index contributed by atoms with van der Waals surface area (Å²) in [6.45, 7) is 0. The number of alkyl halides is 3. The van der Waals surface area contributed by atoms with E-state index in [1.807, 2.05) is 0 Å². The van der Waals surface area contributed by atoms with Gasteiger partial charge in [0.1, 0.15) is 0 Å². The quantitative estimate of drug-likeness (QED) is 0.866. The maximum atomic E-state index is 12.8. The van der Waals surface area contributed by atoms with Gasteiger partial charge in [-0.1, -0.05) is 17.7 Å². The summed E-state index contributed by atoms with van der Waals surface area (Å²) in [5.41, 5.74) is 5.25. The molecular formula is C11H12Cl2F3N. The Hall–Kier alpha value is -0.450. The number of halogens is 5. The summed E-state index contributed by atoms with van der Waals surface area (Å²) in [6, 6.07) is 3.25. The van der Waals surface area contributed by atoms with Crippen molar-refractivity contribution in [3.05, 3.63) is 34.3 Å². The fourth-order valence-corrected chi connectivity index (χ4v) is 1.95. The Bertz CT molecular complexity index is 402. The van der Waals surface area contributed by atoms with Crippen molar-refractivity contribution >= 4 is 24.0 Å². The monoisotopic (exact) mass is 285 g/mol. The highest BCUT2D eigenvalue weighted by Crippen LogP contribution is 2.44. The van der Waals surface area contributed by atoms with Crippen molar-refractivity contribution in [2.45, 2.75) is 25.1 Å². The fourth-order valence-electron chi connectivity index (χ4n) is 1.77. The van der Waals surface area contributed by atoms with E-state index in [2.05, 4.69) is 0 Å². The van der Waals surface area contributed by atoms with Crippen LogP contribution in [0.4, 0.5) is 13.2 Å². The minimum Gasteiger partial charge on any atom is -0.324 e. The Morgan fingerprint density at radius 3 is 2.35 bits per heavy atom. The summed E-state index contributed by atoms with van der Waals surface area (Å²) < 4.78 is 38.3. The summed E-state index contributed by atoms with van der Waals surface area (Å²) in [5, 5.41) is 0.0825. The smallest absolute Gasteiger partial charge is 0.324 e. The molecule has 0 heterocycles. The number of rotatable bonds is 2. The normalized spacial score (nSPS) is 17.5. The van der Waals surface area contributed by atoms with Crippen LogP contribution in [-0.4, -0.2) is 0 Å². The minimum atomic E-state index is -4.40. The van der Waals surface area contributed by atoms with Gasteiger partial charge in [-0.25, -0.2) is 0 Å². The molecule has 1 fully saturated rings. The highest BCUT2D eigenvalue weighted by Gasteiger charge is 2.38. The van der Waals surface area contributed by atoms with Crippen LogP contribution in [-0.2, 0) is 6.18 Å². The van der Waals surface area contributed by atoms with E-state index in [9.17, 15) is 13.2 Å². The van der Waals surface area contributed by atoms with Crippen molar-refractivity contribution in [3.63, 3.8) is 0 Å². The third-order valence-electron chi connectivity index (χ3n) is 2.81. The zero-order valence-corrected chi connectivity index (χ0v) is 10.4. The Balaban J connectivity index is 0.00000144. The van der Waals surface area contributed by atoms with E-state index in [0.29, 0.717) is 0 Å². The van der Waals surface area contributed by atoms with E-state index >= 15 is 0 Å². The van der Waals surface area contributed by atoms with Crippen molar-refractivity contribution in [2.24, 2.45) is 11.7 Å². The highest BCUT2D eigenvalue weighted by atomic mass is 35.5. The topological polar surface area (TPSA) is 26.0 Å². The number of hydrogen-bond donors (Lipinski definition) is 1. The number of hydrogen-bond acceptors (Lipinski definition) is 1. The lowest BCUT2D eigenvalue weighted by molar-refractivity contribution is -0.138. The van der Waals surface area contributed by atoms with Crippen LogP contribution in [0.1, 0.15) is 30.0 Å². The van der Waals surface area contributed by atoms with Crippen LogP contribution >= 0.6 is 24.0 Å². The maximum absolute atomic E-state index is 12.8. The third kappa shape index (κ3) is 3.27. The first-order valence-electron chi connectivity index (χ1n) is 5.02. The van der Waals surface area contributed by atoms with Crippen molar-refractivity contribution in [2.75, 3.05) is 0 Å². The van der Waals surface area contributed by atoms with Crippen LogP contribution in [0.2, 0.25) is 5.02 Å². The molecule has 96 valence electrons. The SMILES string of the molecule is Cl.N[C@@H](c1ccc(Cl)cc1C(F)(F)F)C1CC1. The summed E-state index contributed by atoms with van der Waals surface area (Å²) in [6.07, 6.45) is -2.59. The van der Waals surface area contributed by atoms with Gasteiger partial charge in [0.2, 0.25) is 0 Å². The zero-order valence-electron chi connectivity index (χ0n) is 8.80. The van der Waals surface area contributed by atoms with E-state index in [1.54, 1.807) is 0 Å². The lowest BCUT2D eigenvalue weighted by Gasteiger charge is -2.18. The van der Waals surface area contributed by atoms with Crippen LogP contribution in [0.5, 0.6) is 0 Å². The molecule has 1 aromatic carbocycles. The predicted molar refractivity (Wildman–Crippen MR) is 63.4 cm³/mol. The van der Waals surface area contributed by atoms with Gasteiger partial charge in [0.25, 0.3) is 0 Å². The standard InChI is InChI=1S/C11H11ClF3N.ClH/c12-7-3-4-8(10(16)6-1-2-6)9(5-7)11(13,14)15;/h3-6,10H,1-2,16H2;1H/t10-;/m1./s1. The molecule has 0 radical (unpaired) electrons. The summed E-state index contributed by atoms with van der Waals surface area (Å²) in [4.78, 5) is 0. The maximum Gasteiger partial charge on any atom is 0.416 e. The molecule has 0 amide bonds. The van der Waals surface area contributed by atoms with Gasteiger partial charge in [-0.2, -0.15) is 13.2 Å². The van der Waals surface area contributed by atoms with Gasteiger partial charge >= 0.3 is 6.18 Å². The third-order valence-corrected chi connectivity index (χ3v) is 3.04. The molecule has 17 heavy (non-hydrogen) atoms. The molecule has 2 rings (SSSR count). The second kappa shape index (κ2) is 5.04. The van der Waals surface area contributed by atoms with Crippen molar-refractivity contribution in [1.29, 1.82) is 0 Å². The lowest BCUT2D eigenvalue weighted by atomic mass is 9.97. The summed E-state index contributed by atoms with van der Waals surface area (Å²) in [5.74, 6) is 0.183. The lowest BCUT2D eigenvalue weighted by Crippen LogP contribution is -2.18. The first-order valence-corrected chi connectivity index (χ1v) is 5.39. The first-order chi connectivity index (χ1) is 7.39. The van der Waals surface area contributed by atoms with E-state index in [-0.39, 0.29) is 28.9 Å². The molecule has 1 aliphatic rings. The van der Waals surface area contributed by atoms with Crippen molar-refractivity contribution < 1.29 is 13.2 Å². The van der Waals surface area contributed by atoms with E-state index in [1.165, 1.54) is 12.1 Å². The van der Waals surface area contributed by atoms with Crippen molar-refractivity contribution in [1.82, 2.24) is 0 Å². The molecule has 0 unspecified atom stereocenters. The minimum absolute atomic E-state index is 0. The zero-order chi connectivity index (χ0) is 11.9. The average molecular weight is 286 g/mol. The van der Waals surface area contributed by atoms with Crippen LogP contribution in [0.15, 0.2) is 18.2 Å². The van der Waals surface area contributed by atoms with Gasteiger partial charge in [-0.15, -0.1) is 12.4 Å². The number of benzene rings is 1. The second-order valence-corrected chi connectivity index (χ2v) is 4.53. The van der Waals surface area contributed by atoms with Crippen LogP contribution < -0.4 is 5.73 Å².